The molecule has 0 saturated heterocycles. The second-order valence-corrected chi connectivity index (χ2v) is 4.61. The fraction of sp³-hybridized carbons (Fsp3) is 0.667. The maximum Gasteiger partial charge on any atom is 0.353 e. The van der Waals surface area contributed by atoms with E-state index in [1.165, 1.54) is 6.33 Å². The maximum atomic E-state index is 11.2. The van der Waals surface area contributed by atoms with Crippen LogP contribution in [0.2, 0.25) is 0 Å². The van der Waals surface area contributed by atoms with Crippen molar-refractivity contribution in [1.29, 1.82) is 0 Å². The fourth-order valence-corrected chi connectivity index (χ4v) is 1.99. The molecule has 7 nitrogen and oxygen atoms in total. The van der Waals surface area contributed by atoms with Gasteiger partial charge in [0.05, 0.1) is 4.92 Å². The van der Waals surface area contributed by atoms with Crippen LogP contribution in [0, 0.1) is 10.1 Å². The van der Waals surface area contributed by atoms with E-state index in [0.717, 1.165) is 12.8 Å². The van der Waals surface area contributed by atoms with Crippen molar-refractivity contribution >= 4 is 17.3 Å². The van der Waals surface area contributed by atoms with Gasteiger partial charge >= 0.3 is 5.69 Å². The molecule has 2 atom stereocenters. The van der Waals surface area contributed by atoms with Crippen LogP contribution in [-0.2, 0) is 0 Å². The van der Waals surface area contributed by atoms with Gasteiger partial charge in [-0.3, -0.25) is 10.1 Å². The molecular formula is C12H21N5O2. The van der Waals surface area contributed by atoms with Gasteiger partial charge in [0.15, 0.2) is 0 Å². The number of hydrogen-bond donors (Lipinski definition) is 1. The number of aromatic nitrogens is 2. The lowest BCUT2D eigenvalue weighted by Gasteiger charge is -2.34. The first-order valence-corrected chi connectivity index (χ1v) is 6.47. The molecule has 0 spiro atoms. The molecule has 0 radical (unpaired) electrons. The van der Waals surface area contributed by atoms with Crippen LogP contribution in [0.5, 0.6) is 0 Å². The summed E-state index contributed by atoms with van der Waals surface area (Å²) in [4.78, 5) is 20.4. The molecule has 0 fully saturated rings. The van der Waals surface area contributed by atoms with E-state index in [9.17, 15) is 10.1 Å². The highest BCUT2D eigenvalue weighted by Crippen LogP contribution is 2.33. The van der Waals surface area contributed by atoms with Crippen LogP contribution >= 0.6 is 0 Å². The van der Waals surface area contributed by atoms with Crippen molar-refractivity contribution < 1.29 is 4.92 Å². The van der Waals surface area contributed by atoms with Gasteiger partial charge in [-0.05, 0) is 26.7 Å². The van der Waals surface area contributed by atoms with Gasteiger partial charge in [0, 0.05) is 12.1 Å². The number of rotatable bonds is 6. The number of nitrogens with two attached hydrogens (primary N) is 1. The second kappa shape index (κ2) is 6.31. The van der Waals surface area contributed by atoms with Crippen molar-refractivity contribution in [2.24, 2.45) is 0 Å². The lowest BCUT2D eigenvalue weighted by atomic mass is 10.1. The van der Waals surface area contributed by atoms with Crippen LogP contribution in [0.3, 0.4) is 0 Å². The minimum absolute atomic E-state index is 0.0911. The quantitative estimate of drug-likeness (QED) is 0.627. The lowest BCUT2D eigenvalue weighted by molar-refractivity contribution is -0.383. The van der Waals surface area contributed by atoms with Crippen molar-refractivity contribution in [1.82, 2.24) is 9.97 Å². The van der Waals surface area contributed by atoms with E-state index in [-0.39, 0.29) is 23.6 Å². The molecule has 0 aliphatic heterocycles. The van der Waals surface area contributed by atoms with Crippen molar-refractivity contribution in [3.8, 4) is 0 Å². The summed E-state index contributed by atoms with van der Waals surface area (Å²) in [6, 6.07) is 0.283. The van der Waals surface area contributed by atoms with Crippen LogP contribution in [0.25, 0.3) is 0 Å². The Balaban J connectivity index is 3.38. The van der Waals surface area contributed by atoms with Crippen molar-refractivity contribution in [2.45, 2.75) is 52.6 Å². The number of hydrogen-bond acceptors (Lipinski definition) is 6. The van der Waals surface area contributed by atoms with E-state index in [4.69, 9.17) is 5.73 Å². The summed E-state index contributed by atoms with van der Waals surface area (Å²) in [5.74, 6) is 0.216. The SMILES string of the molecule is CCC(C)N(c1ncnc(N)c1[N+](=O)[O-])C(C)CC. The molecule has 0 amide bonds. The molecule has 1 rings (SSSR count). The Bertz CT molecular complexity index is 442. The van der Waals surface area contributed by atoms with Crippen LogP contribution in [-0.4, -0.2) is 27.0 Å². The minimum atomic E-state index is -0.511. The summed E-state index contributed by atoms with van der Waals surface area (Å²) in [6.45, 7) is 8.12. The molecule has 0 aromatic carbocycles. The first-order chi connectivity index (χ1) is 8.93. The molecule has 7 heteroatoms. The number of anilines is 2. The molecule has 0 bridgehead atoms. The Morgan fingerprint density at radius 3 is 2.26 bits per heavy atom. The summed E-state index contributed by atoms with van der Waals surface area (Å²) in [5.41, 5.74) is 5.42. The molecule has 1 heterocycles. The largest absolute Gasteiger partial charge is 0.378 e. The van der Waals surface area contributed by atoms with Gasteiger partial charge in [-0.15, -0.1) is 0 Å². The monoisotopic (exact) mass is 267 g/mol. The van der Waals surface area contributed by atoms with E-state index < -0.39 is 4.92 Å². The van der Waals surface area contributed by atoms with Gasteiger partial charge in [0.1, 0.15) is 6.33 Å². The van der Waals surface area contributed by atoms with Crippen LogP contribution in [0.4, 0.5) is 17.3 Å². The van der Waals surface area contributed by atoms with Gasteiger partial charge in [-0.25, -0.2) is 9.97 Å². The molecule has 19 heavy (non-hydrogen) atoms. The highest BCUT2D eigenvalue weighted by atomic mass is 16.6. The number of nitro groups is 1. The summed E-state index contributed by atoms with van der Waals surface area (Å²) >= 11 is 0. The molecule has 2 unspecified atom stereocenters. The highest BCUT2D eigenvalue weighted by Gasteiger charge is 2.30. The third-order valence-corrected chi connectivity index (χ3v) is 3.39. The third kappa shape index (κ3) is 3.10. The molecule has 0 aliphatic rings. The van der Waals surface area contributed by atoms with Crippen LogP contribution in [0.1, 0.15) is 40.5 Å². The second-order valence-electron chi connectivity index (χ2n) is 4.61. The maximum absolute atomic E-state index is 11.2. The zero-order valence-electron chi connectivity index (χ0n) is 11.8. The number of nitrogen functional groups attached to an aromatic ring is 1. The van der Waals surface area contributed by atoms with Gasteiger partial charge in [0.2, 0.25) is 11.6 Å². The van der Waals surface area contributed by atoms with E-state index in [0.29, 0.717) is 5.82 Å². The molecule has 0 aliphatic carbocycles. The number of nitrogens with zero attached hydrogens (tertiary/aromatic N) is 4. The van der Waals surface area contributed by atoms with E-state index >= 15 is 0 Å². The van der Waals surface area contributed by atoms with Crippen LogP contribution < -0.4 is 10.6 Å². The van der Waals surface area contributed by atoms with Gasteiger partial charge in [-0.1, -0.05) is 13.8 Å². The fourth-order valence-electron chi connectivity index (χ4n) is 1.99. The lowest BCUT2D eigenvalue weighted by Crippen LogP contribution is -2.41. The summed E-state index contributed by atoms with van der Waals surface area (Å²) in [6.07, 6.45) is 3.01. The van der Waals surface area contributed by atoms with Crippen molar-refractivity contribution in [3.63, 3.8) is 0 Å². The Kier molecular flexibility index (Phi) is 5.02. The Hall–Kier alpha value is -1.92. The average molecular weight is 267 g/mol. The Labute approximate surface area is 113 Å². The first-order valence-electron chi connectivity index (χ1n) is 6.47. The predicted molar refractivity (Wildman–Crippen MR) is 75.1 cm³/mol. The molecule has 1 aromatic heterocycles. The summed E-state index contributed by atoms with van der Waals surface area (Å²) in [5, 5.41) is 11.2. The Morgan fingerprint density at radius 1 is 1.32 bits per heavy atom. The average Bonchev–Trinajstić information content (AvgIpc) is 2.38. The molecule has 1 aromatic rings. The standard InChI is InChI=1S/C12H21N5O2/c1-5-8(3)16(9(4)6-2)12-10(17(18)19)11(13)14-7-15-12/h7-9H,5-6H2,1-4H3,(H2,13,14,15). The van der Waals surface area contributed by atoms with E-state index in [1.807, 2.05) is 32.6 Å². The minimum Gasteiger partial charge on any atom is -0.378 e. The van der Waals surface area contributed by atoms with Crippen molar-refractivity contribution in [2.75, 3.05) is 10.6 Å². The normalized spacial score (nSPS) is 13.9. The Morgan fingerprint density at radius 2 is 1.84 bits per heavy atom. The van der Waals surface area contributed by atoms with Gasteiger partial charge < -0.3 is 10.6 Å². The van der Waals surface area contributed by atoms with Gasteiger partial charge in [-0.2, -0.15) is 0 Å². The third-order valence-electron chi connectivity index (χ3n) is 3.39. The predicted octanol–water partition coefficient (Wildman–Crippen LogP) is 2.37. The molecule has 0 saturated carbocycles. The smallest absolute Gasteiger partial charge is 0.353 e. The van der Waals surface area contributed by atoms with E-state index in [1.54, 1.807) is 0 Å². The topological polar surface area (TPSA) is 98.2 Å². The summed E-state index contributed by atoms with van der Waals surface area (Å²) < 4.78 is 0. The summed E-state index contributed by atoms with van der Waals surface area (Å²) in [7, 11) is 0. The first kappa shape index (κ1) is 15.1. The van der Waals surface area contributed by atoms with E-state index in [2.05, 4.69) is 9.97 Å². The zero-order chi connectivity index (χ0) is 14.6. The van der Waals surface area contributed by atoms with Crippen molar-refractivity contribution in [3.05, 3.63) is 16.4 Å². The van der Waals surface area contributed by atoms with Crippen LogP contribution in [0.15, 0.2) is 6.33 Å². The highest BCUT2D eigenvalue weighted by molar-refractivity contribution is 5.69. The molecule has 2 N–H and O–H groups in total. The van der Waals surface area contributed by atoms with Gasteiger partial charge in [0.25, 0.3) is 0 Å². The molecular weight excluding hydrogens is 246 g/mol. The molecule has 106 valence electrons. The zero-order valence-corrected chi connectivity index (χ0v) is 11.8.